The number of aromatic nitrogens is 6. The molecule has 4 rings (SSSR count). The highest BCUT2D eigenvalue weighted by Gasteiger charge is 2.33. The number of carbonyl (C=O) groups excluding carboxylic acids is 2. The summed E-state index contributed by atoms with van der Waals surface area (Å²) in [6.07, 6.45) is 3.68. The Morgan fingerprint density at radius 1 is 1.14 bits per heavy atom. The molecule has 1 saturated carbocycles. The first-order valence-electron chi connectivity index (χ1n) is 11.5. The number of rotatable bonds is 10. The Labute approximate surface area is 209 Å². The highest BCUT2D eigenvalue weighted by Crippen LogP contribution is 2.39. The minimum absolute atomic E-state index is 0.00145. The molecule has 0 atom stereocenters. The molecular weight excluding hydrogens is 493 g/mol. The van der Waals surface area contributed by atoms with Crippen LogP contribution in [0.3, 0.4) is 0 Å². The fraction of sp³-hybridized carbons (Fsp3) is 0.435. The van der Waals surface area contributed by atoms with E-state index in [1.165, 1.54) is 32.6 Å². The lowest BCUT2D eigenvalue weighted by Crippen LogP contribution is -2.25. The highest BCUT2D eigenvalue weighted by atomic mass is 19.4. The largest absolute Gasteiger partial charge is 0.408 e. The molecule has 0 aromatic carbocycles. The molecule has 0 spiro atoms. The van der Waals surface area contributed by atoms with Crippen LogP contribution in [-0.4, -0.2) is 58.3 Å². The van der Waals surface area contributed by atoms with Gasteiger partial charge in [-0.15, -0.1) is 0 Å². The van der Waals surface area contributed by atoms with Gasteiger partial charge in [0.05, 0.1) is 47.5 Å². The van der Waals surface area contributed by atoms with Crippen LogP contribution in [0, 0.1) is 0 Å². The van der Waals surface area contributed by atoms with Gasteiger partial charge >= 0.3 is 6.18 Å². The molecule has 1 aliphatic carbocycles. The summed E-state index contributed by atoms with van der Waals surface area (Å²) in [5, 5.41) is 19.0. The molecule has 3 aromatic heterocycles. The third-order valence-electron chi connectivity index (χ3n) is 5.47. The fourth-order valence-electron chi connectivity index (χ4n) is 3.51. The Balaban J connectivity index is 1.65. The zero-order valence-corrected chi connectivity index (χ0v) is 20.1. The van der Waals surface area contributed by atoms with Crippen LogP contribution in [0.2, 0.25) is 0 Å². The topological polar surface area (TPSA) is 148 Å². The lowest BCUT2D eigenvalue weighted by atomic mass is 9.99. The zero-order chi connectivity index (χ0) is 26.8. The van der Waals surface area contributed by atoms with Crippen LogP contribution >= 0.6 is 0 Å². The molecule has 0 saturated heterocycles. The van der Waals surface area contributed by atoms with E-state index in [0.29, 0.717) is 16.1 Å². The molecule has 14 heteroatoms. The first-order valence-corrected chi connectivity index (χ1v) is 11.5. The number of carbonyl (C=O) groups is 2. The summed E-state index contributed by atoms with van der Waals surface area (Å²) in [6, 6.07) is 0. The van der Waals surface area contributed by atoms with E-state index in [-0.39, 0.29) is 36.0 Å². The van der Waals surface area contributed by atoms with Crippen molar-refractivity contribution in [1.29, 1.82) is 0 Å². The van der Waals surface area contributed by atoms with Crippen LogP contribution < -0.4 is 10.6 Å². The van der Waals surface area contributed by atoms with E-state index in [0.717, 1.165) is 19.0 Å². The van der Waals surface area contributed by atoms with Crippen molar-refractivity contribution in [1.82, 2.24) is 29.7 Å². The number of ketones is 1. The summed E-state index contributed by atoms with van der Waals surface area (Å²) in [5.41, 5.74) is -0.921. The normalized spacial score (nSPS) is 13.9. The number of alkyl halides is 3. The van der Waals surface area contributed by atoms with Gasteiger partial charge in [-0.2, -0.15) is 18.3 Å². The minimum atomic E-state index is -4.66. The molecule has 1 aliphatic rings. The predicted molar refractivity (Wildman–Crippen MR) is 125 cm³/mol. The fourth-order valence-corrected chi connectivity index (χ4v) is 3.51. The lowest BCUT2D eigenvalue weighted by Gasteiger charge is -2.17. The van der Waals surface area contributed by atoms with Crippen LogP contribution in [0.25, 0.3) is 0 Å². The number of amides is 1. The van der Waals surface area contributed by atoms with Gasteiger partial charge in [-0.05, 0) is 33.1 Å². The van der Waals surface area contributed by atoms with Crippen molar-refractivity contribution < 1.29 is 27.9 Å². The smallest absolute Gasteiger partial charge is 0.390 e. The molecule has 0 bridgehead atoms. The van der Waals surface area contributed by atoms with Gasteiger partial charge in [0.1, 0.15) is 18.6 Å². The summed E-state index contributed by atoms with van der Waals surface area (Å²) in [6.45, 7) is 1.44. The van der Waals surface area contributed by atoms with Gasteiger partial charge in [-0.25, -0.2) is 19.9 Å². The first-order chi connectivity index (χ1) is 17.4. The highest BCUT2D eigenvalue weighted by molar-refractivity contribution is 6.10. The summed E-state index contributed by atoms with van der Waals surface area (Å²) >= 11 is 0. The number of anilines is 3. The van der Waals surface area contributed by atoms with Crippen molar-refractivity contribution in [3.8, 4) is 0 Å². The Morgan fingerprint density at radius 3 is 2.46 bits per heavy atom. The van der Waals surface area contributed by atoms with Crippen molar-refractivity contribution in [2.75, 3.05) is 10.6 Å². The van der Waals surface area contributed by atoms with E-state index < -0.39 is 35.7 Å². The molecular formula is C23H25F3N8O3. The van der Waals surface area contributed by atoms with Crippen molar-refractivity contribution in [3.63, 3.8) is 0 Å². The van der Waals surface area contributed by atoms with E-state index in [2.05, 4.69) is 35.7 Å². The van der Waals surface area contributed by atoms with Gasteiger partial charge in [0.25, 0.3) is 5.91 Å². The first kappa shape index (κ1) is 26.1. The van der Waals surface area contributed by atoms with Gasteiger partial charge < -0.3 is 15.7 Å². The van der Waals surface area contributed by atoms with Crippen LogP contribution in [-0.2, 0) is 6.54 Å². The van der Waals surface area contributed by atoms with E-state index >= 15 is 0 Å². The standard InChI is InChI=1S/C23H25F3N8O3/c1-22(2,37)6-5-17(35)19-16(10-30-34(19)11-23(24,25)26)33-21(36)18-20(31-14-7-27-12-28-8-14)29-9-15(32-18)13-3-4-13/h7-10,12-13,37H,3-6,11H2,1-2H3,(H,29,31)(H,33,36). The maximum absolute atomic E-state index is 13.3. The van der Waals surface area contributed by atoms with Gasteiger partial charge in [0, 0.05) is 12.3 Å². The van der Waals surface area contributed by atoms with Gasteiger partial charge in [-0.1, -0.05) is 0 Å². The maximum atomic E-state index is 13.3. The average Bonchev–Trinajstić information content (AvgIpc) is 3.60. The molecule has 0 aliphatic heterocycles. The molecule has 1 fully saturated rings. The monoisotopic (exact) mass is 518 g/mol. The van der Waals surface area contributed by atoms with Crippen LogP contribution in [0.4, 0.5) is 30.4 Å². The third kappa shape index (κ3) is 7.06. The number of hydrogen-bond acceptors (Lipinski definition) is 9. The Morgan fingerprint density at radius 2 is 1.84 bits per heavy atom. The van der Waals surface area contributed by atoms with E-state index in [9.17, 15) is 27.9 Å². The number of halogens is 3. The van der Waals surface area contributed by atoms with Crippen molar-refractivity contribution in [3.05, 3.63) is 48.2 Å². The summed E-state index contributed by atoms with van der Waals surface area (Å²) in [5.74, 6) is -1.26. The summed E-state index contributed by atoms with van der Waals surface area (Å²) < 4.78 is 39.9. The lowest BCUT2D eigenvalue weighted by molar-refractivity contribution is -0.142. The van der Waals surface area contributed by atoms with Crippen molar-refractivity contribution in [2.45, 2.75) is 63.8 Å². The average molecular weight is 519 g/mol. The predicted octanol–water partition coefficient (Wildman–Crippen LogP) is 3.63. The minimum Gasteiger partial charge on any atom is -0.390 e. The molecule has 0 unspecified atom stereocenters. The molecule has 37 heavy (non-hydrogen) atoms. The molecule has 196 valence electrons. The third-order valence-corrected chi connectivity index (χ3v) is 5.47. The quantitative estimate of drug-likeness (QED) is 0.342. The number of Topliss-reactive ketones (excluding diaryl/α,β-unsaturated/α-hetero) is 1. The van der Waals surface area contributed by atoms with E-state index in [1.807, 2.05) is 0 Å². The molecule has 3 heterocycles. The summed E-state index contributed by atoms with van der Waals surface area (Å²) in [7, 11) is 0. The number of hydrogen-bond donors (Lipinski definition) is 3. The molecule has 0 radical (unpaired) electrons. The van der Waals surface area contributed by atoms with Crippen molar-refractivity contribution >= 4 is 28.9 Å². The van der Waals surface area contributed by atoms with E-state index in [4.69, 9.17) is 0 Å². The Bertz CT molecular complexity index is 1280. The van der Waals surface area contributed by atoms with Crippen LogP contribution in [0.15, 0.2) is 31.1 Å². The second-order valence-corrected chi connectivity index (χ2v) is 9.39. The zero-order valence-electron chi connectivity index (χ0n) is 20.1. The maximum Gasteiger partial charge on any atom is 0.408 e. The van der Waals surface area contributed by atoms with Crippen molar-refractivity contribution in [2.24, 2.45) is 0 Å². The van der Waals surface area contributed by atoms with Gasteiger partial charge in [0.2, 0.25) is 0 Å². The van der Waals surface area contributed by atoms with Crippen LogP contribution in [0.1, 0.15) is 72.1 Å². The van der Waals surface area contributed by atoms with Gasteiger partial charge in [0.15, 0.2) is 17.3 Å². The molecule has 11 nitrogen and oxygen atoms in total. The summed E-state index contributed by atoms with van der Waals surface area (Å²) in [4.78, 5) is 42.8. The number of aliphatic hydroxyl groups is 1. The van der Waals surface area contributed by atoms with E-state index in [1.54, 1.807) is 6.20 Å². The van der Waals surface area contributed by atoms with Gasteiger partial charge in [-0.3, -0.25) is 14.3 Å². The number of nitrogens with zero attached hydrogens (tertiary/aromatic N) is 6. The molecule has 3 aromatic rings. The molecule has 1 amide bonds. The second kappa shape index (κ2) is 10.2. The molecule has 3 N–H and O–H groups in total. The number of nitrogens with one attached hydrogen (secondary N) is 2. The Hall–Kier alpha value is -3.94. The van der Waals surface area contributed by atoms with Crippen LogP contribution in [0.5, 0.6) is 0 Å². The SMILES string of the molecule is CC(C)(O)CCC(=O)c1c(NC(=O)c2nc(C3CC3)cnc2Nc2cncnc2)cnn1CC(F)(F)F. The Kier molecular flexibility index (Phi) is 7.21. The second-order valence-electron chi connectivity index (χ2n) is 9.39.